The number of carbonyl (C=O) groups excluding carboxylic acids is 3. The Morgan fingerprint density at radius 1 is 1.03 bits per heavy atom. The van der Waals surface area contributed by atoms with Crippen LogP contribution in [-0.4, -0.2) is 71.6 Å². The Morgan fingerprint density at radius 3 is 2.11 bits per heavy atom. The average molecular weight is 511 g/mol. The van der Waals surface area contributed by atoms with Gasteiger partial charge in [0, 0.05) is 12.3 Å². The van der Waals surface area contributed by atoms with Crippen LogP contribution in [0.15, 0.2) is 48.5 Å². The molecule has 2 amide bonds. The van der Waals surface area contributed by atoms with Crippen molar-refractivity contribution in [3.63, 3.8) is 0 Å². The number of hydrogen-bond donors (Lipinski definition) is 2. The van der Waals surface area contributed by atoms with E-state index in [1.807, 2.05) is 48.5 Å². The normalized spacial score (nSPS) is 20.5. The maximum Gasteiger partial charge on any atom is 0.411 e. The predicted octanol–water partition coefficient (Wildman–Crippen LogP) is 3.53. The van der Waals surface area contributed by atoms with Gasteiger partial charge in [0.05, 0.1) is 13.7 Å². The number of esters is 1. The van der Waals surface area contributed by atoms with E-state index in [1.54, 1.807) is 20.8 Å². The average Bonchev–Trinajstić information content (AvgIpc) is 3.39. The second-order valence-electron chi connectivity index (χ2n) is 10.2. The van der Waals surface area contributed by atoms with Crippen molar-refractivity contribution in [1.82, 2.24) is 10.2 Å². The number of ether oxygens (including phenoxy) is 3. The number of hydrogen-bond acceptors (Lipinski definition) is 7. The van der Waals surface area contributed by atoms with Gasteiger partial charge >= 0.3 is 24.1 Å². The highest BCUT2D eigenvalue weighted by atomic mass is 16.6. The molecule has 2 aromatic carbocycles. The Labute approximate surface area is 214 Å². The first-order valence-electron chi connectivity index (χ1n) is 11.9. The van der Waals surface area contributed by atoms with E-state index in [9.17, 15) is 24.3 Å². The Balaban J connectivity index is 1.53. The molecule has 4 rings (SSSR count). The molecule has 2 atom stereocenters. The standard InChI is InChI=1S/C27H30N2O8/c1-26(2,3)37-25(34)29-15-27(23(32)35-4,13-21(29)22(30)31)28-24(33)36-14-20-18-11-7-5-9-16(18)17-10-6-8-12-19(17)20/h5-12,20-21H,13-15H2,1-4H3,(H,28,33)(H,30,31). The molecule has 2 N–H and O–H groups in total. The fourth-order valence-corrected chi connectivity index (χ4v) is 4.95. The van der Waals surface area contributed by atoms with Gasteiger partial charge in [-0.15, -0.1) is 0 Å². The molecular formula is C27H30N2O8. The molecule has 2 unspecified atom stereocenters. The first-order chi connectivity index (χ1) is 17.5. The number of alkyl carbamates (subject to hydrolysis) is 1. The number of nitrogens with one attached hydrogen (secondary N) is 1. The number of likely N-dealkylation sites (tertiary alicyclic amines) is 1. The summed E-state index contributed by atoms with van der Waals surface area (Å²) in [5, 5.41) is 12.2. The summed E-state index contributed by atoms with van der Waals surface area (Å²) in [6, 6.07) is 14.3. The zero-order valence-corrected chi connectivity index (χ0v) is 21.1. The molecule has 0 saturated carbocycles. The zero-order valence-electron chi connectivity index (χ0n) is 21.1. The maximum absolute atomic E-state index is 13.0. The fourth-order valence-electron chi connectivity index (χ4n) is 4.95. The van der Waals surface area contributed by atoms with E-state index in [0.717, 1.165) is 34.3 Å². The molecule has 1 heterocycles. The van der Waals surface area contributed by atoms with Crippen LogP contribution in [0.1, 0.15) is 44.2 Å². The minimum atomic E-state index is -1.82. The van der Waals surface area contributed by atoms with E-state index < -0.39 is 54.3 Å². The number of amides is 2. The number of carbonyl (C=O) groups is 4. The topological polar surface area (TPSA) is 131 Å². The highest BCUT2D eigenvalue weighted by molar-refractivity contribution is 5.91. The van der Waals surface area contributed by atoms with Gasteiger partial charge < -0.3 is 24.6 Å². The molecule has 1 aliphatic carbocycles. The Bertz CT molecular complexity index is 1190. The number of benzene rings is 2. The van der Waals surface area contributed by atoms with E-state index in [-0.39, 0.29) is 12.5 Å². The first-order valence-corrected chi connectivity index (χ1v) is 11.9. The highest BCUT2D eigenvalue weighted by Gasteiger charge is 2.56. The lowest BCUT2D eigenvalue weighted by atomic mass is 9.96. The minimum absolute atomic E-state index is 0.00471. The molecule has 1 aliphatic heterocycles. The molecular weight excluding hydrogens is 480 g/mol. The van der Waals surface area contributed by atoms with Crippen LogP contribution in [0.4, 0.5) is 9.59 Å². The monoisotopic (exact) mass is 510 g/mol. The Kier molecular flexibility index (Phi) is 6.86. The van der Waals surface area contributed by atoms with Crippen molar-refractivity contribution in [2.24, 2.45) is 0 Å². The highest BCUT2D eigenvalue weighted by Crippen LogP contribution is 2.44. The number of nitrogens with zero attached hydrogens (tertiary/aromatic N) is 1. The van der Waals surface area contributed by atoms with Crippen molar-refractivity contribution in [2.75, 3.05) is 20.3 Å². The molecule has 37 heavy (non-hydrogen) atoms. The zero-order chi connectivity index (χ0) is 27.0. The van der Waals surface area contributed by atoms with Gasteiger partial charge in [-0.3, -0.25) is 4.90 Å². The number of carboxylic acids is 1. The maximum atomic E-state index is 13.0. The summed E-state index contributed by atoms with van der Waals surface area (Å²) < 4.78 is 15.8. The van der Waals surface area contributed by atoms with Gasteiger partial charge in [-0.25, -0.2) is 19.2 Å². The summed E-state index contributed by atoms with van der Waals surface area (Å²) >= 11 is 0. The van der Waals surface area contributed by atoms with Gasteiger partial charge in [0.25, 0.3) is 0 Å². The van der Waals surface area contributed by atoms with Crippen LogP contribution >= 0.6 is 0 Å². The summed E-state index contributed by atoms with van der Waals surface area (Å²) in [6.45, 7) is 4.46. The lowest BCUT2D eigenvalue weighted by molar-refractivity contribution is -0.147. The van der Waals surface area contributed by atoms with Crippen molar-refractivity contribution < 1.29 is 38.5 Å². The van der Waals surface area contributed by atoms with Crippen LogP contribution in [0.2, 0.25) is 0 Å². The van der Waals surface area contributed by atoms with Crippen LogP contribution in [0.3, 0.4) is 0 Å². The molecule has 10 nitrogen and oxygen atoms in total. The third kappa shape index (κ3) is 5.09. The number of methoxy groups -OCH3 is 1. The van der Waals surface area contributed by atoms with Gasteiger partial charge in [-0.2, -0.15) is 0 Å². The Hall–Kier alpha value is -4.08. The summed E-state index contributed by atoms with van der Waals surface area (Å²) in [4.78, 5) is 51.4. The Morgan fingerprint density at radius 2 is 1.59 bits per heavy atom. The number of carboxylic acid groups (broad SMARTS) is 1. The van der Waals surface area contributed by atoms with Crippen LogP contribution in [0.5, 0.6) is 0 Å². The van der Waals surface area contributed by atoms with Crippen molar-refractivity contribution in [2.45, 2.75) is 50.3 Å². The quantitative estimate of drug-likeness (QED) is 0.461. The van der Waals surface area contributed by atoms with E-state index in [2.05, 4.69) is 5.32 Å². The van der Waals surface area contributed by atoms with E-state index in [0.29, 0.717) is 0 Å². The lowest BCUT2D eigenvalue weighted by Gasteiger charge is -2.29. The third-order valence-electron chi connectivity index (χ3n) is 6.53. The fraction of sp³-hybridized carbons (Fsp3) is 0.407. The molecule has 0 aromatic heterocycles. The molecule has 2 aromatic rings. The van der Waals surface area contributed by atoms with Gasteiger partial charge in [0.1, 0.15) is 18.2 Å². The molecule has 1 fully saturated rings. The second-order valence-corrected chi connectivity index (χ2v) is 10.2. The van der Waals surface area contributed by atoms with Gasteiger partial charge in [0.15, 0.2) is 5.54 Å². The van der Waals surface area contributed by atoms with E-state index in [4.69, 9.17) is 14.2 Å². The first kappa shape index (κ1) is 26.0. The van der Waals surface area contributed by atoms with Gasteiger partial charge in [-0.05, 0) is 43.0 Å². The molecule has 196 valence electrons. The molecule has 10 heteroatoms. The number of rotatable bonds is 5. The van der Waals surface area contributed by atoms with Crippen LogP contribution in [-0.2, 0) is 23.8 Å². The van der Waals surface area contributed by atoms with Crippen molar-refractivity contribution >= 4 is 24.1 Å². The summed E-state index contributed by atoms with van der Waals surface area (Å²) in [5.74, 6) is -2.44. The smallest absolute Gasteiger partial charge is 0.411 e. The number of aliphatic carboxylic acids is 1. The van der Waals surface area contributed by atoms with Gasteiger partial charge in [-0.1, -0.05) is 48.5 Å². The molecule has 0 spiro atoms. The molecule has 0 radical (unpaired) electrons. The number of fused-ring (bicyclic) bond motifs is 3. The summed E-state index contributed by atoms with van der Waals surface area (Å²) in [5.41, 5.74) is 1.44. The van der Waals surface area contributed by atoms with Crippen LogP contribution in [0, 0.1) is 0 Å². The third-order valence-corrected chi connectivity index (χ3v) is 6.53. The predicted molar refractivity (Wildman–Crippen MR) is 132 cm³/mol. The molecule has 0 bridgehead atoms. The molecule has 1 saturated heterocycles. The SMILES string of the molecule is COC(=O)C1(NC(=O)OCC2c3ccccc3-c3ccccc32)CC(C(=O)O)N(C(=O)OC(C)(C)C)C1. The van der Waals surface area contributed by atoms with Gasteiger partial charge in [0.2, 0.25) is 0 Å². The molecule has 2 aliphatic rings. The van der Waals surface area contributed by atoms with Crippen molar-refractivity contribution in [3.05, 3.63) is 59.7 Å². The lowest BCUT2D eigenvalue weighted by Crippen LogP contribution is -2.57. The summed E-state index contributed by atoms with van der Waals surface area (Å²) in [6.07, 6.45) is -2.25. The summed E-state index contributed by atoms with van der Waals surface area (Å²) in [7, 11) is 1.12. The van der Waals surface area contributed by atoms with Crippen molar-refractivity contribution in [1.29, 1.82) is 0 Å². The van der Waals surface area contributed by atoms with Crippen molar-refractivity contribution in [3.8, 4) is 11.1 Å². The second kappa shape index (κ2) is 9.76. The van der Waals surface area contributed by atoms with Crippen LogP contribution in [0.25, 0.3) is 11.1 Å². The van der Waals surface area contributed by atoms with E-state index in [1.165, 1.54) is 0 Å². The largest absolute Gasteiger partial charge is 0.480 e. The minimum Gasteiger partial charge on any atom is -0.480 e. The van der Waals surface area contributed by atoms with E-state index >= 15 is 0 Å². The van der Waals surface area contributed by atoms with Crippen LogP contribution < -0.4 is 5.32 Å².